The molecule has 6 nitrogen and oxygen atoms in total. The topological polar surface area (TPSA) is 80.9 Å². The van der Waals surface area contributed by atoms with E-state index in [4.69, 9.17) is 4.52 Å². The van der Waals surface area contributed by atoms with Crippen molar-refractivity contribution in [3.63, 3.8) is 0 Å². The molecular formula is C12H16N4O2S. The second-order valence-corrected chi connectivity index (χ2v) is 5.24. The van der Waals surface area contributed by atoms with Crippen molar-refractivity contribution in [2.75, 3.05) is 5.32 Å². The number of nitrogens with one attached hydrogen (secondary N) is 1. The van der Waals surface area contributed by atoms with Crippen molar-refractivity contribution in [1.29, 1.82) is 0 Å². The van der Waals surface area contributed by atoms with Gasteiger partial charge in [-0.15, -0.1) is 10.2 Å². The molecule has 0 aliphatic heterocycles. The summed E-state index contributed by atoms with van der Waals surface area (Å²) in [6.45, 7) is 5.97. The molecule has 102 valence electrons. The Balaban J connectivity index is 2.06. The number of rotatable bonds is 5. The molecule has 7 heteroatoms. The van der Waals surface area contributed by atoms with Crippen LogP contribution in [0.3, 0.4) is 0 Å². The lowest BCUT2D eigenvalue weighted by molar-refractivity contribution is 0.101. The maximum absolute atomic E-state index is 11.9. The molecule has 0 bridgehead atoms. The highest BCUT2D eigenvalue weighted by Gasteiger charge is 2.16. The molecular weight excluding hydrogens is 264 g/mol. The summed E-state index contributed by atoms with van der Waals surface area (Å²) < 4.78 is 4.86. The third-order valence-corrected chi connectivity index (χ3v) is 3.86. The third-order valence-electron chi connectivity index (χ3n) is 2.86. The first-order valence-corrected chi connectivity index (χ1v) is 7.03. The molecule has 0 aliphatic rings. The lowest BCUT2D eigenvalue weighted by atomic mass is 10.1. The lowest BCUT2D eigenvalue weighted by Crippen LogP contribution is -2.11. The van der Waals surface area contributed by atoms with Gasteiger partial charge in [0.1, 0.15) is 10.8 Å². The molecule has 0 fully saturated rings. The summed E-state index contributed by atoms with van der Waals surface area (Å²) in [6.07, 6.45) is 2.03. The number of hydrogen-bond donors (Lipinski definition) is 1. The van der Waals surface area contributed by atoms with Crippen molar-refractivity contribution >= 4 is 22.4 Å². The molecule has 2 aromatic rings. The third kappa shape index (κ3) is 3.17. The largest absolute Gasteiger partial charge is 0.361 e. The number of nitrogens with zero attached hydrogens (tertiary/aromatic N) is 3. The van der Waals surface area contributed by atoms with Crippen LogP contribution < -0.4 is 5.32 Å². The minimum Gasteiger partial charge on any atom is -0.361 e. The summed E-state index contributed by atoms with van der Waals surface area (Å²) in [7, 11) is 0. The van der Waals surface area contributed by atoms with Gasteiger partial charge in [0.05, 0.1) is 0 Å². The fraction of sp³-hybridized carbons (Fsp3) is 0.500. The average molecular weight is 280 g/mol. The molecule has 1 N–H and O–H groups in total. The van der Waals surface area contributed by atoms with Gasteiger partial charge in [0.15, 0.2) is 5.69 Å². The second kappa shape index (κ2) is 5.92. The van der Waals surface area contributed by atoms with Crippen LogP contribution in [0.4, 0.5) is 5.13 Å². The first kappa shape index (κ1) is 13.7. The van der Waals surface area contributed by atoms with Gasteiger partial charge < -0.3 is 4.52 Å². The Morgan fingerprint density at radius 1 is 1.42 bits per heavy atom. The number of anilines is 1. The molecule has 0 saturated carbocycles. The summed E-state index contributed by atoms with van der Waals surface area (Å²) in [6, 6.07) is 1.58. The van der Waals surface area contributed by atoms with E-state index in [0.29, 0.717) is 16.8 Å². The van der Waals surface area contributed by atoms with Crippen LogP contribution in [-0.4, -0.2) is 21.3 Å². The van der Waals surface area contributed by atoms with Gasteiger partial charge in [-0.25, -0.2) is 0 Å². The summed E-state index contributed by atoms with van der Waals surface area (Å²) >= 11 is 1.41. The van der Waals surface area contributed by atoms with E-state index < -0.39 is 0 Å². The Kier molecular flexibility index (Phi) is 4.26. The van der Waals surface area contributed by atoms with Gasteiger partial charge in [0.25, 0.3) is 5.91 Å². The maximum Gasteiger partial charge on any atom is 0.279 e. The molecule has 1 amide bonds. The van der Waals surface area contributed by atoms with Crippen molar-refractivity contribution in [3.8, 4) is 0 Å². The fourth-order valence-electron chi connectivity index (χ4n) is 1.72. The van der Waals surface area contributed by atoms with E-state index in [0.717, 1.165) is 17.8 Å². The number of hydrogen-bond acceptors (Lipinski definition) is 6. The van der Waals surface area contributed by atoms with Crippen LogP contribution in [-0.2, 0) is 0 Å². The molecule has 0 aromatic carbocycles. The van der Waals surface area contributed by atoms with Crippen molar-refractivity contribution < 1.29 is 9.32 Å². The van der Waals surface area contributed by atoms with Crippen molar-refractivity contribution in [1.82, 2.24) is 15.4 Å². The van der Waals surface area contributed by atoms with Gasteiger partial charge in [-0.05, 0) is 19.8 Å². The van der Waals surface area contributed by atoms with Gasteiger partial charge >= 0.3 is 0 Å². The number of aromatic nitrogens is 3. The van der Waals surface area contributed by atoms with Crippen LogP contribution in [0, 0.1) is 6.92 Å². The first-order valence-electron chi connectivity index (χ1n) is 6.22. The Morgan fingerprint density at radius 2 is 2.16 bits per heavy atom. The predicted molar refractivity (Wildman–Crippen MR) is 72.4 cm³/mol. The number of carbonyl (C=O) groups is 1. The van der Waals surface area contributed by atoms with E-state index in [1.54, 1.807) is 13.0 Å². The average Bonchev–Trinajstić information content (AvgIpc) is 3.00. The molecule has 2 rings (SSSR count). The smallest absolute Gasteiger partial charge is 0.279 e. The zero-order chi connectivity index (χ0) is 13.8. The first-order chi connectivity index (χ1) is 9.13. The van der Waals surface area contributed by atoms with Gasteiger partial charge in [-0.2, -0.15) is 0 Å². The zero-order valence-electron chi connectivity index (χ0n) is 11.1. The Bertz CT molecular complexity index is 560. The maximum atomic E-state index is 11.9. The Labute approximate surface area is 115 Å². The SMILES string of the molecule is CCC(CC)c1nnc(NC(=O)c2cc(C)on2)s1. The molecule has 0 atom stereocenters. The molecule has 2 heterocycles. The summed E-state index contributed by atoms with van der Waals surface area (Å²) in [4.78, 5) is 11.9. The fourth-order valence-corrected chi connectivity index (χ4v) is 2.73. The highest BCUT2D eigenvalue weighted by Crippen LogP contribution is 2.28. The zero-order valence-corrected chi connectivity index (χ0v) is 12.0. The van der Waals surface area contributed by atoms with Crippen LogP contribution >= 0.6 is 11.3 Å². The van der Waals surface area contributed by atoms with E-state index in [9.17, 15) is 4.79 Å². The molecule has 0 saturated heterocycles. The van der Waals surface area contributed by atoms with Crippen LogP contribution in [0.2, 0.25) is 0 Å². The summed E-state index contributed by atoms with van der Waals surface area (Å²) in [5.41, 5.74) is 0.247. The van der Waals surface area contributed by atoms with Crippen LogP contribution in [0.25, 0.3) is 0 Å². The van der Waals surface area contributed by atoms with E-state index in [1.165, 1.54) is 11.3 Å². The van der Waals surface area contributed by atoms with Crippen LogP contribution in [0.5, 0.6) is 0 Å². The van der Waals surface area contributed by atoms with Crippen LogP contribution in [0.15, 0.2) is 10.6 Å². The van der Waals surface area contributed by atoms with Gasteiger partial charge in [0, 0.05) is 12.0 Å². The standard InChI is InChI=1S/C12H16N4O2S/c1-4-8(5-2)11-14-15-12(19-11)13-10(17)9-6-7(3)18-16-9/h6,8H,4-5H2,1-3H3,(H,13,15,17). The molecule has 2 aromatic heterocycles. The van der Waals surface area contributed by atoms with Crippen molar-refractivity contribution in [2.24, 2.45) is 0 Å². The molecule has 0 spiro atoms. The minimum atomic E-state index is -0.330. The second-order valence-electron chi connectivity index (χ2n) is 4.24. The summed E-state index contributed by atoms with van der Waals surface area (Å²) in [5, 5.41) is 15.9. The van der Waals surface area contributed by atoms with Gasteiger partial charge in [-0.1, -0.05) is 30.3 Å². The molecule has 0 unspecified atom stereocenters. The lowest BCUT2D eigenvalue weighted by Gasteiger charge is -2.05. The Morgan fingerprint density at radius 3 is 2.74 bits per heavy atom. The molecule has 0 radical (unpaired) electrons. The number of amides is 1. The Hall–Kier alpha value is -1.76. The highest BCUT2D eigenvalue weighted by molar-refractivity contribution is 7.15. The van der Waals surface area contributed by atoms with Crippen LogP contribution in [0.1, 0.15) is 53.9 Å². The quantitative estimate of drug-likeness (QED) is 0.910. The summed E-state index contributed by atoms with van der Waals surface area (Å²) in [5.74, 6) is 0.668. The number of carbonyl (C=O) groups excluding carboxylic acids is 1. The highest BCUT2D eigenvalue weighted by atomic mass is 32.1. The van der Waals surface area contributed by atoms with E-state index in [-0.39, 0.29) is 11.6 Å². The van der Waals surface area contributed by atoms with E-state index in [2.05, 4.69) is 34.5 Å². The van der Waals surface area contributed by atoms with Gasteiger partial charge in [0.2, 0.25) is 5.13 Å². The monoisotopic (exact) mass is 280 g/mol. The normalized spacial score (nSPS) is 10.9. The molecule has 19 heavy (non-hydrogen) atoms. The van der Waals surface area contributed by atoms with Crippen molar-refractivity contribution in [3.05, 3.63) is 22.5 Å². The van der Waals surface area contributed by atoms with E-state index in [1.807, 2.05) is 0 Å². The van der Waals surface area contributed by atoms with Crippen molar-refractivity contribution in [2.45, 2.75) is 39.5 Å². The van der Waals surface area contributed by atoms with E-state index >= 15 is 0 Å². The number of aryl methyl sites for hydroxylation is 1. The minimum absolute atomic E-state index is 0.247. The van der Waals surface area contributed by atoms with Gasteiger partial charge in [-0.3, -0.25) is 10.1 Å². The molecule has 0 aliphatic carbocycles. The predicted octanol–water partition coefficient (Wildman–Crippen LogP) is 2.99.